The molecule has 4 N–H and O–H groups in total. The second-order valence-electron chi connectivity index (χ2n) is 10.9. The van der Waals surface area contributed by atoms with E-state index in [1.165, 1.54) is 6.07 Å². The van der Waals surface area contributed by atoms with Crippen LogP contribution in [0.4, 0.5) is 20.2 Å². The van der Waals surface area contributed by atoms with E-state index in [4.69, 9.17) is 5.73 Å². The van der Waals surface area contributed by atoms with Crippen molar-refractivity contribution in [1.29, 1.82) is 0 Å². The molecule has 3 aromatic rings. The van der Waals surface area contributed by atoms with Crippen molar-refractivity contribution in [3.8, 4) is 0 Å². The fourth-order valence-electron chi connectivity index (χ4n) is 5.54. The molecule has 2 fully saturated rings. The number of carbonyl (C=O) groups is 3. The number of amides is 3. The van der Waals surface area contributed by atoms with Gasteiger partial charge in [0.25, 0.3) is 17.7 Å². The Hall–Kier alpha value is -4.31. The summed E-state index contributed by atoms with van der Waals surface area (Å²) in [5.41, 5.74) is 7.97. The van der Waals surface area contributed by atoms with Crippen molar-refractivity contribution in [2.75, 3.05) is 36.4 Å². The van der Waals surface area contributed by atoms with Crippen molar-refractivity contribution in [2.45, 2.75) is 44.2 Å². The predicted molar refractivity (Wildman–Crippen MR) is 158 cm³/mol. The van der Waals surface area contributed by atoms with Gasteiger partial charge >= 0.3 is 0 Å². The van der Waals surface area contributed by atoms with Crippen LogP contribution in [0.3, 0.4) is 0 Å². The molecule has 8 nitrogen and oxygen atoms in total. The SMILES string of the molecule is NC1CCC(NC(=O)c2ccc(N3CCCN(C(=O)c4ccccc4)CC3)c(NC(=O)c3ccc(F)c(F)c3)c2)CC1. The van der Waals surface area contributed by atoms with E-state index in [2.05, 4.69) is 15.5 Å². The van der Waals surface area contributed by atoms with Gasteiger partial charge in [0.1, 0.15) is 0 Å². The van der Waals surface area contributed by atoms with E-state index in [0.717, 1.165) is 37.8 Å². The summed E-state index contributed by atoms with van der Waals surface area (Å²) < 4.78 is 27.4. The molecule has 3 aromatic carbocycles. The Bertz CT molecular complexity index is 1440. The van der Waals surface area contributed by atoms with E-state index < -0.39 is 17.5 Å². The van der Waals surface area contributed by atoms with Crippen LogP contribution in [0.2, 0.25) is 0 Å². The second kappa shape index (κ2) is 13.1. The number of anilines is 2. The van der Waals surface area contributed by atoms with Crippen molar-refractivity contribution >= 4 is 29.1 Å². The first-order valence-electron chi connectivity index (χ1n) is 14.3. The summed E-state index contributed by atoms with van der Waals surface area (Å²) in [6.45, 7) is 2.16. The first-order chi connectivity index (χ1) is 20.3. The minimum absolute atomic E-state index is 0.0240. The number of hydrogen-bond donors (Lipinski definition) is 3. The monoisotopic (exact) mass is 575 g/mol. The molecule has 0 aromatic heterocycles. The Morgan fingerprint density at radius 2 is 1.45 bits per heavy atom. The highest BCUT2D eigenvalue weighted by Crippen LogP contribution is 2.30. The lowest BCUT2D eigenvalue weighted by molar-refractivity contribution is 0.0766. The Balaban J connectivity index is 1.37. The summed E-state index contributed by atoms with van der Waals surface area (Å²) in [6.07, 6.45) is 3.99. The lowest BCUT2D eigenvalue weighted by Gasteiger charge is -2.28. The van der Waals surface area contributed by atoms with Crippen LogP contribution in [0.25, 0.3) is 0 Å². The molecule has 0 bridgehead atoms. The van der Waals surface area contributed by atoms with E-state index in [9.17, 15) is 23.2 Å². The molecule has 0 atom stereocenters. The van der Waals surface area contributed by atoms with Crippen molar-refractivity contribution in [1.82, 2.24) is 10.2 Å². The van der Waals surface area contributed by atoms with E-state index in [-0.39, 0.29) is 29.5 Å². The van der Waals surface area contributed by atoms with Crippen LogP contribution in [0.15, 0.2) is 66.7 Å². The highest BCUT2D eigenvalue weighted by molar-refractivity contribution is 6.07. The summed E-state index contributed by atoms with van der Waals surface area (Å²) in [7, 11) is 0. The first kappa shape index (κ1) is 29.2. The van der Waals surface area contributed by atoms with Gasteiger partial charge in [-0.05, 0) is 80.6 Å². The quantitative estimate of drug-likeness (QED) is 0.399. The summed E-state index contributed by atoms with van der Waals surface area (Å²) in [5.74, 6) is -3.11. The highest BCUT2D eigenvalue weighted by Gasteiger charge is 2.25. The number of rotatable bonds is 6. The van der Waals surface area contributed by atoms with Gasteiger partial charge in [0.2, 0.25) is 0 Å². The van der Waals surface area contributed by atoms with Crippen molar-refractivity contribution in [3.63, 3.8) is 0 Å². The van der Waals surface area contributed by atoms with Crippen LogP contribution < -0.4 is 21.3 Å². The molecule has 2 aliphatic rings. The fourth-order valence-corrected chi connectivity index (χ4v) is 5.54. The molecule has 42 heavy (non-hydrogen) atoms. The van der Waals surface area contributed by atoms with Gasteiger partial charge in [-0.2, -0.15) is 0 Å². The minimum Gasteiger partial charge on any atom is -0.368 e. The minimum atomic E-state index is -1.13. The molecule has 5 rings (SSSR count). The van der Waals surface area contributed by atoms with Gasteiger partial charge in [0.15, 0.2) is 11.6 Å². The van der Waals surface area contributed by atoms with E-state index in [1.54, 1.807) is 30.3 Å². The van der Waals surface area contributed by atoms with Crippen molar-refractivity contribution in [2.24, 2.45) is 5.73 Å². The Labute approximate surface area is 243 Å². The zero-order valence-corrected chi connectivity index (χ0v) is 23.3. The lowest BCUT2D eigenvalue weighted by Crippen LogP contribution is -2.40. The average Bonchev–Trinajstić information content (AvgIpc) is 3.26. The van der Waals surface area contributed by atoms with Gasteiger partial charge in [-0.25, -0.2) is 8.78 Å². The zero-order chi connectivity index (χ0) is 29.6. The third-order valence-electron chi connectivity index (χ3n) is 7.94. The molecule has 0 spiro atoms. The molecular weight excluding hydrogens is 540 g/mol. The Morgan fingerprint density at radius 1 is 0.738 bits per heavy atom. The van der Waals surface area contributed by atoms with Gasteiger partial charge in [-0.15, -0.1) is 0 Å². The van der Waals surface area contributed by atoms with Crippen LogP contribution in [-0.2, 0) is 0 Å². The molecule has 1 saturated heterocycles. The third-order valence-corrected chi connectivity index (χ3v) is 7.94. The summed E-state index contributed by atoms with van der Waals surface area (Å²) >= 11 is 0. The third kappa shape index (κ3) is 6.94. The van der Waals surface area contributed by atoms with E-state index in [1.807, 2.05) is 23.1 Å². The number of carbonyl (C=O) groups excluding carboxylic acids is 3. The summed E-state index contributed by atoms with van der Waals surface area (Å²) in [5, 5.41) is 5.88. The topological polar surface area (TPSA) is 108 Å². The van der Waals surface area contributed by atoms with E-state index in [0.29, 0.717) is 55.1 Å². The molecule has 1 heterocycles. The smallest absolute Gasteiger partial charge is 0.255 e. The van der Waals surface area contributed by atoms with Crippen LogP contribution in [0, 0.1) is 11.6 Å². The number of nitrogens with two attached hydrogens (primary N) is 1. The molecule has 220 valence electrons. The molecule has 1 aliphatic carbocycles. The van der Waals surface area contributed by atoms with Crippen molar-refractivity contribution < 1.29 is 23.2 Å². The van der Waals surface area contributed by atoms with Gasteiger partial charge in [-0.3, -0.25) is 14.4 Å². The molecule has 1 aliphatic heterocycles. The molecule has 3 amide bonds. The average molecular weight is 576 g/mol. The number of benzene rings is 3. The van der Waals surface area contributed by atoms with Crippen LogP contribution >= 0.6 is 0 Å². The highest BCUT2D eigenvalue weighted by atomic mass is 19.2. The molecule has 0 unspecified atom stereocenters. The summed E-state index contributed by atoms with van der Waals surface area (Å²) in [6, 6.07) is 17.3. The lowest BCUT2D eigenvalue weighted by atomic mass is 9.91. The van der Waals surface area contributed by atoms with E-state index >= 15 is 0 Å². The van der Waals surface area contributed by atoms with Crippen LogP contribution in [-0.4, -0.2) is 60.9 Å². The van der Waals surface area contributed by atoms with Gasteiger partial charge in [-0.1, -0.05) is 18.2 Å². The van der Waals surface area contributed by atoms with Crippen molar-refractivity contribution in [3.05, 3.63) is 95.1 Å². The van der Waals surface area contributed by atoms with Gasteiger partial charge in [0, 0.05) is 55.0 Å². The standard InChI is InChI=1S/C32H35F2N5O3/c33-26-13-7-22(19-27(26)34)31(41)37-28-20-23(30(40)36-25-11-9-24(35)10-12-25)8-14-29(28)38-15-4-16-39(18-17-38)32(42)21-5-2-1-3-6-21/h1-3,5-8,13-14,19-20,24-25H,4,9-12,15-18,35H2,(H,36,40)(H,37,41). The normalized spacial score (nSPS) is 19.1. The maximum Gasteiger partial charge on any atom is 0.255 e. The summed E-state index contributed by atoms with van der Waals surface area (Å²) in [4.78, 5) is 43.2. The number of hydrogen-bond acceptors (Lipinski definition) is 5. The van der Waals surface area contributed by atoms with Crippen LogP contribution in [0.1, 0.15) is 63.2 Å². The molecule has 0 radical (unpaired) electrons. The maximum absolute atomic E-state index is 13.9. The number of halogens is 2. The Kier molecular flexibility index (Phi) is 9.12. The molecule has 10 heteroatoms. The van der Waals surface area contributed by atoms with Crippen LogP contribution in [0.5, 0.6) is 0 Å². The van der Waals surface area contributed by atoms with Gasteiger partial charge in [0.05, 0.1) is 11.4 Å². The largest absolute Gasteiger partial charge is 0.368 e. The number of nitrogens with zero attached hydrogens (tertiary/aromatic N) is 2. The maximum atomic E-state index is 13.9. The van der Waals surface area contributed by atoms with Gasteiger partial charge < -0.3 is 26.2 Å². The first-order valence-corrected chi connectivity index (χ1v) is 14.3. The number of nitrogens with one attached hydrogen (secondary N) is 2. The fraction of sp³-hybridized carbons (Fsp3) is 0.344. The zero-order valence-electron chi connectivity index (χ0n) is 23.3. The Morgan fingerprint density at radius 3 is 2.19 bits per heavy atom. The second-order valence-corrected chi connectivity index (χ2v) is 10.9. The molecule has 1 saturated carbocycles. The molecular formula is C32H35F2N5O3. The predicted octanol–water partition coefficient (Wildman–Crippen LogP) is 4.57.